The highest BCUT2D eigenvalue weighted by Gasteiger charge is 2.41. The first-order valence-electron chi connectivity index (χ1n) is 25.1. The van der Waals surface area contributed by atoms with Crippen LogP contribution in [0.1, 0.15) is 90.5 Å². The molecule has 70 heavy (non-hydrogen) atoms. The van der Waals surface area contributed by atoms with Crippen LogP contribution in [0.2, 0.25) is 16.6 Å². The van der Waals surface area contributed by atoms with E-state index < -0.39 is 8.07 Å². The van der Waals surface area contributed by atoms with Crippen LogP contribution in [-0.4, -0.2) is 87.4 Å². The van der Waals surface area contributed by atoms with Gasteiger partial charge >= 0.3 is 0 Å². The van der Waals surface area contributed by atoms with Crippen LogP contribution in [-0.2, 0) is 18.9 Å². The lowest BCUT2D eigenvalue weighted by Gasteiger charge is -2.38. The number of rotatable bonds is 11. The molecule has 0 fully saturated rings. The highest BCUT2D eigenvalue weighted by molar-refractivity contribution is 6.90. The summed E-state index contributed by atoms with van der Waals surface area (Å²) in [5.41, 5.74) is 13.9. The van der Waals surface area contributed by atoms with Crippen LogP contribution in [0.15, 0.2) is 97.1 Å². The van der Waals surface area contributed by atoms with Gasteiger partial charge in [0.2, 0.25) is 0 Å². The van der Waals surface area contributed by atoms with Crippen molar-refractivity contribution in [1.82, 2.24) is 0 Å². The molecule has 5 aromatic rings. The number of benzene rings is 5. The van der Waals surface area contributed by atoms with Crippen molar-refractivity contribution < 1.29 is 37.9 Å². The van der Waals surface area contributed by atoms with Gasteiger partial charge < -0.3 is 37.9 Å². The van der Waals surface area contributed by atoms with Crippen LogP contribution in [0.25, 0.3) is 33.4 Å². The van der Waals surface area contributed by atoms with Gasteiger partial charge in [-0.05, 0) is 113 Å². The Labute approximate surface area is 419 Å². The smallest absolute Gasteiger partial charge is 0.146 e. The zero-order valence-electron chi connectivity index (χ0n) is 42.7. The second kappa shape index (κ2) is 27.4. The minimum atomic E-state index is -2.16. The van der Waals surface area contributed by atoms with Gasteiger partial charge in [-0.25, -0.2) is 0 Å². The van der Waals surface area contributed by atoms with Gasteiger partial charge in [-0.15, -0.1) is 12.0 Å². The molecule has 0 atom stereocenters. The van der Waals surface area contributed by atoms with Crippen molar-refractivity contribution in [2.24, 2.45) is 0 Å². The summed E-state index contributed by atoms with van der Waals surface area (Å²) in [7, 11) is -2.16. The highest BCUT2D eigenvalue weighted by atomic mass is 28.3. The first-order valence-corrected chi connectivity index (χ1v) is 27.3. The fourth-order valence-electron chi connectivity index (χ4n) is 9.02. The minimum absolute atomic E-state index is 0.272. The Hall–Kier alpha value is -5.96. The minimum Gasteiger partial charge on any atom is -0.494 e. The van der Waals surface area contributed by atoms with Crippen LogP contribution in [0.5, 0.6) is 23.0 Å². The molecule has 0 aliphatic carbocycles. The van der Waals surface area contributed by atoms with E-state index in [1.54, 1.807) is 0 Å². The van der Waals surface area contributed by atoms with E-state index in [-0.39, 0.29) is 13.2 Å². The first-order chi connectivity index (χ1) is 34.1. The van der Waals surface area contributed by atoms with Gasteiger partial charge in [0, 0.05) is 44.5 Å². The molecule has 1 heterocycles. The predicted molar refractivity (Wildman–Crippen MR) is 287 cm³/mol. The third-order valence-corrected chi connectivity index (χ3v) is 18.8. The molecule has 0 saturated heterocycles. The van der Waals surface area contributed by atoms with E-state index in [1.807, 2.05) is 48.5 Å². The average molecular weight is 961 g/mol. The molecule has 0 bridgehead atoms. The van der Waals surface area contributed by atoms with E-state index >= 15 is 0 Å². The Morgan fingerprint density at radius 3 is 1.20 bits per heavy atom. The summed E-state index contributed by atoms with van der Waals surface area (Å²) in [6, 6.07) is 32.7. The van der Waals surface area contributed by atoms with Crippen molar-refractivity contribution in [2.45, 2.75) is 84.9 Å². The van der Waals surface area contributed by atoms with Crippen LogP contribution in [0.4, 0.5) is 0 Å². The number of terminal acetylenes is 1. The molecule has 1 aliphatic heterocycles. The number of ether oxygens (including phenoxy) is 8. The number of hydrogen-bond donors (Lipinski definition) is 0. The van der Waals surface area contributed by atoms with Crippen molar-refractivity contribution in [3.05, 3.63) is 119 Å². The summed E-state index contributed by atoms with van der Waals surface area (Å²) >= 11 is 0. The fraction of sp³-hybridized carbons (Fsp3) is 0.410. The maximum absolute atomic E-state index is 7.01. The maximum Gasteiger partial charge on any atom is 0.146 e. The lowest BCUT2D eigenvalue weighted by atomic mass is 9.90. The van der Waals surface area contributed by atoms with Crippen molar-refractivity contribution in [1.29, 1.82) is 0 Å². The fourth-order valence-corrected chi connectivity index (χ4v) is 14.2. The van der Waals surface area contributed by atoms with Crippen LogP contribution in [0, 0.1) is 35.6 Å². The van der Waals surface area contributed by atoms with Crippen molar-refractivity contribution in [3.8, 4) is 92.0 Å². The van der Waals surface area contributed by atoms with Crippen molar-refractivity contribution in [2.75, 3.05) is 79.3 Å². The summed E-state index contributed by atoms with van der Waals surface area (Å²) in [4.78, 5) is 0. The molecular formula is C61H72O8Si. The predicted octanol–water partition coefficient (Wildman–Crippen LogP) is 13.1. The van der Waals surface area contributed by atoms with Crippen LogP contribution in [0.3, 0.4) is 0 Å². The standard InChI is InChI=1S/C61H72O8Si/c1-10-28-66-54-23-19-52(20-24-54)56-41-50(18-17-49-15-13-48(12-3)14-16-49)43-58-59-44-51(27-40-70(45(4)5,46(6)7)47(8)9)42-57(53-21-25-55(26-22-53)67-29-11-2)61(59)69-39-37-65-35-33-63-31-30-62-32-34-64-36-38-68-60(56)58/h3,13-16,19-26,41-47H,10-11,28-39H2,1-2,4-9H3. The molecular weight excluding hydrogens is 889 g/mol. The van der Waals surface area contributed by atoms with Crippen molar-refractivity contribution in [3.63, 3.8) is 0 Å². The van der Waals surface area contributed by atoms with Crippen LogP contribution < -0.4 is 18.9 Å². The molecule has 5 aromatic carbocycles. The molecule has 8 nitrogen and oxygen atoms in total. The van der Waals surface area contributed by atoms with Gasteiger partial charge in [0.1, 0.15) is 44.3 Å². The third kappa shape index (κ3) is 14.5. The summed E-state index contributed by atoms with van der Waals surface area (Å²) < 4.78 is 49.8. The Morgan fingerprint density at radius 1 is 0.457 bits per heavy atom. The average Bonchev–Trinajstić information content (AvgIpc) is 3.36. The molecule has 0 aromatic heterocycles. The SMILES string of the molecule is C#Cc1ccc(C#Cc2cc(-c3ccc(OCCC)cc3)c3c(c2)-c2cc(C#C[Si](C(C)C)(C(C)C)C(C)C)cc(-c4ccc(OCCC)cc4)c2OCCOCCOCCOCCOCCO3)cc1. The van der Waals surface area contributed by atoms with Gasteiger partial charge in [0.05, 0.1) is 66.1 Å². The second-order valence-corrected chi connectivity index (χ2v) is 23.9. The summed E-state index contributed by atoms with van der Waals surface area (Å²) in [6.07, 6.45) is 7.52. The lowest BCUT2D eigenvalue weighted by molar-refractivity contribution is -0.00702. The monoisotopic (exact) mass is 960 g/mol. The van der Waals surface area contributed by atoms with E-state index in [0.29, 0.717) is 94.2 Å². The van der Waals surface area contributed by atoms with Gasteiger partial charge in [0.15, 0.2) is 0 Å². The molecule has 9 heteroatoms. The zero-order chi connectivity index (χ0) is 49.7. The van der Waals surface area contributed by atoms with Crippen LogP contribution >= 0.6 is 0 Å². The summed E-state index contributed by atoms with van der Waals surface area (Å²) in [5, 5.41) is 0. The largest absolute Gasteiger partial charge is 0.494 e. The van der Waals surface area contributed by atoms with E-state index in [9.17, 15) is 0 Å². The Balaban J connectivity index is 1.68. The molecule has 368 valence electrons. The highest BCUT2D eigenvalue weighted by Crippen LogP contribution is 2.48. The molecule has 0 spiro atoms. The van der Waals surface area contributed by atoms with Gasteiger partial charge in [-0.1, -0.05) is 103 Å². The van der Waals surface area contributed by atoms with E-state index in [1.165, 1.54) is 0 Å². The third-order valence-electron chi connectivity index (χ3n) is 12.5. The molecule has 0 amide bonds. The van der Waals surface area contributed by atoms with E-state index in [0.717, 1.165) is 80.0 Å². The Morgan fingerprint density at radius 2 is 0.814 bits per heavy atom. The zero-order valence-corrected chi connectivity index (χ0v) is 43.7. The first kappa shape index (κ1) is 53.4. The van der Waals surface area contributed by atoms with Gasteiger partial charge in [-0.2, -0.15) is 0 Å². The Kier molecular flexibility index (Phi) is 20.9. The normalized spacial score (nSPS) is 14.1. The van der Waals surface area contributed by atoms with Gasteiger partial charge in [0.25, 0.3) is 0 Å². The Bertz CT molecular complexity index is 2560. The van der Waals surface area contributed by atoms with E-state index in [2.05, 4.69) is 133 Å². The molecule has 0 saturated carbocycles. The quantitative estimate of drug-likeness (QED) is 0.0957. The summed E-state index contributed by atoms with van der Waals surface area (Å²) in [5.74, 6) is 16.4. The summed E-state index contributed by atoms with van der Waals surface area (Å²) in [6.45, 7) is 23.4. The molecule has 0 N–H and O–H groups in total. The molecule has 0 radical (unpaired) electrons. The number of hydrogen-bond acceptors (Lipinski definition) is 8. The van der Waals surface area contributed by atoms with Gasteiger partial charge in [-0.3, -0.25) is 0 Å². The molecule has 0 unspecified atom stereocenters. The molecule has 1 aliphatic rings. The van der Waals surface area contributed by atoms with Crippen molar-refractivity contribution >= 4 is 8.07 Å². The second-order valence-electron chi connectivity index (χ2n) is 18.3. The van der Waals surface area contributed by atoms with E-state index in [4.69, 9.17) is 44.3 Å². The maximum atomic E-state index is 7.01. The lowest BCUT2D eigenvalue weighted by Crippen LogP contribution is -2.43. The molecule has 6 rings (SSSR count). The topological polar surface area (TPSA) is 73.8 Å². The number of fused-ring (bicyclic) bond motifs is 3.